The van der Waals surface area contributed by atoms with Gasteiger partial charge in [-0.1, -0.05) is 12.1 Å². The number of carboxylic acid groups (broad SMARTS) is 1. The first-order valence-electron chi connectivity index (χ1n) is 7.16. The number of aryl methyl sites for hydroxylation is 1. The predicted molar refractivity (Wildman–Crippen MR) is 88.7 cm³/mol. The molecular formula is C17H11F3NO2S2-. The summed E-state index contributed by atoms with van der Waals surface area (Å²) in [6, 6.07) is 6.44. The minimum Gasteiger partial charge on any atom is -0.544 e. The van der Waals surface area contributed by atoms with Crippen molar-refractivity contribution in [3.63, 3.8) is 0 Å². The van der Waals surface area contributed by atoms with Gasteiger partial charge in [-0.2, -0.15) is 13.2 Å². The fraction of sp³-hybridized carbons (Fsp3) is 0.176. The summed E-state index contributed by atoms with van der Waals surface area (Å²) in [6.45, 7) is 1.94. The normalized spacial score (nSPS) is 11.7. The fourth-order valence-corrected chi connectivity index (χ4v) is 4.11. The Bertz CT molecular complexity index is 911. The Balaban J connectivity index is 1.94. The second-order valence-electron chi connectivity index (χ2n) is 5.42. The van der Waals surface area contributed by atoms with Gasteiger partial charge in [0.1, 0.15) is 5.01 Å². The van der Waals surface area contributed by atoms with Gasteiger partial charge in [0.2, 0.25) is 0 Å². The standard InChI is InChI=1S/C17H12F3NO2S2/c1-9-6-12(24-8-9)7-13-14(16(22)23)25-15(21-13)10-2-4-11(5-3-10)17(18,19)20/h2-6,8H,7H2,1H3,(H,22,23)/p-1. The Labute approximate surface area is 149 Å². The van der Waals surface area contributed by atoms with Crippen molar-refractivity contribution in [2.75, 3.05) is 0 Å². The van der Waals surface area contributed by atoms with Crippen molar-refractivity contribution in [3.8, 4) is 10.6 Å². The molecule has 0 saturated heterocycles. The van der Waals surface area contributed by atoms with Gasteiger partial charge >= 0.3 is 6.18 Å². The van der Waals surface area contributed by atoms with Crippen molar-refractivity contribution in [2.24, 2.45) is 0 Å². The molecule has 0 fully saturated rings. The number of thiazole rings is 1. The van der Waals surface area contributed by atoms with Gasteiger partial charge in [0.05, 0.1) is 22.1 Å². The maximum absolute atomic E-state index is 12.6. The van der Waals surface area contributed by atoms with E-state index in [1.54, 1.807) is 0 Å². The summed E-state index contributed by atoms with van der Waals surface area (Å²) in [4.78, 5) is 16.6. The number of benzene rings is 1. The number of nitrogens with zero attached hydrogens (tertiary/aromatic N) is 1. The lowest BCUT2D eigenvalue weighted by atomic mass is 10.1. The van der Waals surface area contributed by atoms with Gasteiger partial charge in [-0.05, 0) is 36.1 Å². The average Bonchev–Trinajstić information content (AvgIpc) is 3.13. The predicted octanol–water partition coefficient (Wildman–Crippen LogP) is 4.15. The van der Waals surface area contributed by atoms with E-state index in [-0.39, 0.29) is 4.88 Å². The van der Waals surface area contributed by atoms with Gasteiger partial charge in [0.25, 0.3) is 0 Å². The van der Waals surface area contributed by atoms with Crippen molar-refractivity contribution in [1.29, 1.82) is 0 Å². The van der Waals surface area contributed by atoms with Crippen LogP contribution in [0.5, 0.6) is 0 Å². The van der Waals surface area contributed by atoms with Crippen molar-refractivity contribution in [3.05, 3.63) is 62.3 Å². The molecule has 3 nitrogen and oxygen atoms in total. The zero-order valence-electron chi connectivity index (χ0n) is 12.9. The lowest BCUT2D eigenvalue weighted by Crippen LogP contribution is -2.22. The molecule has 25 heavy (non-hydrogen) atoms. The van der Waals surface area contributed by atoms with Crippen LogP contribution in [-0.2, 0) is 12.6 Å². The quantitative estimate of drug-likeness (QED) is 0.681. The van der Waals surface area contributed by atoms with E-state index in [1.807, 2.05) is 18.4 Å². The third-order valence-corrected chi connectivity index (χ3v) is 5.65. The molecule has 0 unspecified atom stereocenters. The van der Waals surface area contributed by atoms with Crippen LogP contribution in [0.25, 0.3) is 10.6 Å². The number of carbonyl (C=O) groups excluding carboxylic acids is 1. The number of carboxylic acids is 1. The SMILES string of the molecule is Cc1csc(Cc2nc(-c3ccc(C(F)(F)F)cc3)sc2C(=O)[O-])c1. The number of rotatable bonds is 4. The number of aromatic nitrogens is 1. The minimum atomic E-state index is -4.42. The smallest absolute Gasteiger partial charge is 0.416 e. The maximum atomic E-state index is 12.6. The fourth-order valence-electron chi connectivity index (χ4n) is 2.30. The first kappa shape index (κ1) is 17.6. The third-order valence-electron chi connectivity index (χ3n) is 3.47. The zero-order valence-corrected chi connectivity index (χ0v) is 14.5. The topological polar surface area (TPSA) is 53.0 Å². The molecule has 2 aromatic heterocycles. The highest BCUT2D eigenvalue weighted by Crippen LogP contribution is 2.33. The van der Waals surface area contributed by atoms with E-state index in [9.17, 15) is 23.1 Å². The monoisotopic (exact) mass is 382 g/mol. The van der Waals surface area contributed by atoms with E-state index in [4.69, 9.17) is 0 Å². The van der Waals surface area contributed by atoms with Crippen LogP contribution in [0.3, 0.4) is 0 Å². The molecule has 0 aliphatic heterocycles. The van der Waals surface area contributed by atoms with Crippen molar-refractivity contribution in [1.82, 2.24) is 4.98 Å². The summed E-state index contributed by atoms with van der Waals surface area (Å²) in [5.41, 5.74) is 1.12. The number of halogens is 3. The van der Waals surface area contributed by atoms with Gasteiger partial charge in [-0.25, -0.2) is 4.98 Å². The lowest BCUT2D eigenvalue weighted by Gasteiger charge is -2.06. The molecule has 2 heterocycles. The molecule has 0 aliphatic rings. The van der Waals surface area contributed by atoms with Crippen LogP contribution in [-0.4, -0.2) is 11.0 Å². The molecule has 8 heteroatoms. The Morgan fingerprint density at radius 1 is 1.24 bits per heavy atom. The molecule has 0 aliphatic carbocycles. The van der Waals surface area contributed by atoms with Gasteiger partial charge in [0, 0.05) is 16.9 Å². The van der Waals surface area contributed by atoms with Crippen LogP contribution in [0, 0.1) is 6.92 Å². The first-order valence-corrected chi connectivity index (χ1v) is 8.86. The van der Waals surface area contributed by atoms with Crippen molar-refractivity contribution < 1.29 is 23.1 Å². The molecule has 0 bridgehead atoms. The number of hydrogen-bond acceptors (Lipinski definition) is 5. The number of alkyl halides is 3. The van der Waals surface area contributed by atoms with E-state index >= 15 is 0 Å². The Hall–Kier alpha value is -2.19. The van der Waals surface area contributed by atoms with Crippen LogP contribution in [0.4, 0.5) is 13.2 Å². The highest BCUT2D eigenvalue weighted by molar-refractivity contribution is 7.17. The Morgan fingerprint density at radius 2 is 1.92 bits per heavy atom. The largest absolute Gasteiger partial charge is 0.544 e. The van der Waals surface area contributed by atoms with E-state index in [0.29, 0.717) is 22.7 Å². The van der Waals surface area contributed by atoms with Crippen molar-refractivity contribution >= 4 is 28.6 Å². The van der Waals surface area contributed by atoms with Crippen LogP contribution in [0.1, 0.15) is 31.4 Å². The molecular weight excluding hydrogens is 371 g/mol. The van der Waals surface area contributed by atoms with E-state index < -0.39 is 17.7 Å². The van der Waals surface area contributed by atoms with Crippen LogP contribution < -0.4 is 5.11 Å². The number of thiophene rings is 1. The number of carbonyl (C=O) groups is 1. The van der Waals surface area contributed by atoms with Gasteiger partial charge in [-0.3, -0.25) is 0 Å². The van der Waals surface area contributed by atoms with Gasteiger partial charge in [0.15, 0.2) is 0 Å². The van der Waals surface area contributed by atoms with E-state index in [1.165, 1.54) is 23.5 Å². The average molecular weight is 382 g/mol. The number of hydrogen-bond donors (Lipinski definition) is 0. The minimum absolute atomic E-state index is 0.000881. The summed E-state index contributed by atoms with van der Waals surface area (Å²) in [7, 11) is 0. The molecule has 0 amide bonds. The number of aromatic carboxylic acids is 1. The molecule has 0 saturated carbocycles. The highest BCUT2D eigenvalue weighted by Gasteiger charge is 2.30. The molecule has 3 rings (SSSR count). The Kier molecular flexibility index (Phi) is 4.66. The summed E-state index contributed by atoms with van der Waals surface area (Å²) in [5.74, 6) is -1.33. The molecule has 0 radical (unpaired) electrons. The summed E-state index contributed by atoms with van der Waals surface area (Å²) in [6.07, 6.45) is -4.07. The summed E-state index contributed by atoms with van der Waals surface area (Å²) in [5, 5.41) is 13.7. The van der Waals surface area contributed by atoms with E-state index in [0.717, 1.165) is 33.9 Å². The summed E-state index contributed by atoms with van der Waals surface area (Å²) >= 11 is 2.41. The van der Waals surface area contributed by atoms with Crippen LogP contribution in [0.2, 0.25) is 0 Å². The first-order chi connectivity index (χ1) is 11.7. The summed E-state index contributed by atoms with van der Waals surface area (Å²) < 4.78 is 37.9. The van der Waals surface area contributed by atoms with Crippen LogP contribution in [0.15, 0.2) is 35.7 Å². The molecule has 0 atom stereocenters. The van der Waals surface area contributed by atoms with Gasteiger partial charge in [-0.15, -0.1) is 22.7 Å². The molecule has 0 spiro atoms. The van der Waals surface area contributed by atoms with Crippen molar-refractivity contribution in [2.45, 2.75) is 19.5 Å². The van der Waals surface area contributed by atoms with Gasteiger partial charge < -0.3 is 9.90 Å². The second kappa shape index (κ2) is 6.61. The van der Waals surface area contributed by atoms with Crippen LogP contribution >= 0.6 is 22.7 Å². The Morgan fingerprint density at radius 3 is 2.44 bits per heavy atom. The molecule has 1 aromatic carbocycles. The molecule has 0 N–H and O–H groups in total. The lowest BCUT2D eigenvalue weighted by molar-refractivity contribution is -0.254. The second-order valence-corrected chi connectivity index (χ2v) is 7.42. The third kappa shape index (κ3) is 3.91. The molecule has 3 aromatic rings. The highest BCUT2D eigenvalue weighted by atomic mass is 32.1. The maximum Gasteiger partial charge on any atom is 0.416 e. The van der Waals surface area contributed by atoms with E-state index in [2.05, 4.69) is 4.98 Å². The molecule has 130 valence electrons. The zero-order chi connectivity index (χ0) is 18.2.